The monoisotopic (exact) mass is 576 g/mol. The summed E-state index contributed by atoms with van der Waals surface area (Å²) in [5.74, 6) is -0.386. The van der Waals surface area contributed by atoms with Crippen molar-refractivity contribution >= 4 is 17.4 Å². The SMILES string of the molecule is C=CCOC1(C)CCN(c2c(C(OC(C)(C)C)C(=O)O)c(C)nc3cc(COCc4ccccc4CC=C)nn23)CC1. The van der Waals surface area contributed by atoms with Crippen molar-refractivity contribution in [2.24, 2.45) is 0 Å². The second-order valence-corrected chi connectivity index (χ2v) is 12.1. The molecular formula is C33H44N4O5. The third-order valence-corrected chi connectivity index (χ3v) is 7.47. The maximum Gasteiger partial charge on any atom is 0.337 e. The summed E-state index contributed by atoms with van der Waals surface area (Å²) in [6.45, 7) is 19.7. The molecule has 1 aliphatic heterocycles. The molecule has 4 rings (SSSR count). The van der Waals surface area contributed by atoms with E-state index in [0.717, 1.165) is 24.8 Å². The van der Waals surface area contributed by atoms with Gasteiger partial charge >= 0.3 is 5.97 Å². The quantitative estimate of drug-likeness (QED) is 0.248. The number of rotatable bonds is 13. The molecule has 9 nitrogen and oxygen atoms in total. The molecule has 3 aromatic rings. The van der Waals surface area contributed by atoms with Crippen molar-refractivity contribution in [1.29, 1.82) is 0 Å². The number of carboxylic acids is 1. The van der Waals surface area contributed by atoms with Gasteiger partial charge in [0.25, 0.3) is 0 Å². The molecule has 1 unspecified atom stereocenters. The van der Waals surface area contributed by atoms with Crippen LogP contribution in [0, 0.1) is 6.92 Å². The molecule has 1 N–H and O–H groups in total. The van der Waals surface area contributed by atoms with Crippen LogP contribution in [0.5, 0.6) is 0 Å². The molecule has 3 heterocycles. The van der Waals surface area contributed by atoms with Crippen LogP contribution in [0.25, 0.3) is 5.65 Å². The molecule has 1 aromatic carbocycles. The minimum Gasteiger partial charge on any atom is -0.479 e. The lowest BCUT2D eigenvalue weighted by Crippen LogP contribution is -2.45. The zero-order valence-corrected chi connectivity index (χ0v) is 25.6. The molecule has 0 saturated carbocycles. The normalized spacial score (nSPS) is 16.0. The van der Waals surface area contributed by atoms with Crippen LogP contribution in [-0.2, 0) is 38.6 Å². The number of benzene rings is 1. The van der Waals surface area contributed by atoms with Crippen LogP contribution in [0.15, 0.2) is 55.6 Å². The lowest BCUT2D eigenvalue weighted by atomic mass is 9.92. The highest BCUT2D eigenvalue weighted by molar-refractivity contribution is 5.78. The van der Waals surface area contributed by atoms with Gasteiger partial charge in [-0.3, -0.25) is 0 Å². The molecule has 0 spiro atoms. The highest BCUT2D eigenvalue weighted by Gasteiger charge is 2.37. The average Bonchev–Trinajstić information content (AvgIpc) is 3.33. The van der Waals surface area contributed by atoms with E-state index in [4.69, 9.17) is 24.3 Å². The maximum atomic E-state index is 12.6. The van der Waals surface area contributed by atoms with Crippen molar-refractivity contribution in [3.63, 3.8) is 0 Å². The zero-order chi connectivity index (χ0) is 30.5. The second kappa shape index (κ2) is 13.2. The number of ether oxygens (including phenoxy) is 3. The standard InChI is InChI=1S/C33H44N4O5/c1-8-12-24-13-10-11-14-25(24)21-40-22-26-20-27-34-23(3)28(29(31(38)39)42-32(4,5)6)30(37(27)35-26)36-17-15-33(7,16-18-36)41-19-9-2/h8-11,13-14,20,29H,1-2,12,15-19,21-22H2,3-7H3,(H,38,39). The Morgan fingerprint density at radius 1 is 1.14 bits per heavy atom. The summed E-state index contributed by atoms with van der Waals surface area (Å²) >= 11 is 0. The topological polar surface area (TPSA) is 98.4 Å². The van der Waals surface area contributed by atoms with Gasteiger partial charge in [0.1, 0.15) is 5.82 Å². The molecule has 0 bridgehead atoms. The van der Waals surface area contributed by atoms with Crippen molar-refractivity contribution in [1.82, 2.24) is 14.6 Å². The van der Waals surface area contributed by atoms with Gasteiger partial charge in [0.2, 0.25) is 0 Å². The van der Waals surface area contributed by atoms with Gasteiger partial charge in [-0.05, 0) is 65.0 Å². The first-order valence-corrected chi connectivity index (χ1v) is 14.5. The molecule has 1 aliphatic rings. The highest BCUT2D eigenvalue weighted by Crippen LogP contribution is 2.37. The Hall–Kier alpha value is -3.53. The average molecular weight is 577 g/mol. The number of anilines is 1. The molecule has 9 heteroatoms. The van der Waals surface area contributed by atoms with E-state index in [1.807, 2.05) is 52.0 Å². The van der Waals surface area contributed by atoms with Crippen molar-refractivity contribution in [2.75, 3.05) is 24.6 Å². The van der Waals surface area contributed by atoms with Gasteiger partial charge in [0, 0.05) is 24.8 Å². The van der Waals surface area contributed by atoms with Crippen LogP contribution in [0.2, 0.25) is 0 Å². The van der Waals surface area contributed by atoms with Gasteiger partial charge in [-0.1, -0.05) is 36.4 Å². The molecule has 1 saturated heterocycles. The van der Waals surface area contributed by atoms with Crippen LogP contribution in [-0.4, -0.2) is 56.6 Å². The van der Waals surface area contributed by atoms with Gasteiger partial charge in [-0.15, -0.1) is 13.2 Å². The number of piperidine rings is 1. The van der Waals surface area contributed by atoms with Crippen LogP contribution in [0.3, 0.4) is 0 Å². The molecule has 1 fully saturated rings. The number of hydrogen-bond acceptors (Lipinski definition) is 7. The number of allylic oxidation sites excluding steroid dienone is 1. The van der Waals surface area contributed by atoms with Crippen molar-refractivity contribution < 1.29 is 24.1 Å². The lowest BCUT2D eigenvalue weighted by Gasteiger charge is -2.41. The zero-order valence-electron chi connectivity index (χ0n) is 25.6. The summed E-state index contributed by atoms with van der Waals surface area (Å²) < 4.78 is 20.0. The summed E-state index contributed by atoms with van der Waals surface area (Å²) in [5.41, 5.74) is 3.76. The van der Waals surface area contributed by atoms with E-state index in [9.17, 15) is 9.90 Å². The predicted molar refractivity (Wildman–Crippen MR) is 164 cm³/mol. The number of nitrogens with zero attached hydrogens (tertiary/aromatic N) is 4. The molecule has 0 aliphatic carbocycles. The largest absolute Gasteiger partial charge is 0.479 e. The molecule has 1 atom stereocenters. The number of hydrogen-bond donors (Lipinski definition) is 1. The summed E-state index contributed by atoms with van der Waals surface area (Å²) in [7, 11) is 0. The number of aryl methyl sites for hydroxylation is 1. The first kappa shape index (κ1) is 31.4. The lowest BCUT2D eigenvalue weighted by molar-refractivity contribution is -0.160. The van der Waals surface area contributed by atoms with E-state index in [2.05, 4.69) is 37.1 Å². The Morgan fingerprint density at radius 2 is 1.83 bits per heavy atom. The van der Waals surface area contributed by atoms with Gasteiger partial charge in [0.05, 0.1) is 42.3 Å². The number of aliphatic carboxylic acids is 1. The van der Waals surface area contributed by atoms with Crippen LogP contribution < -0.4 is 4.90 Å². The number of fused-ring (bicyclic) bond motifs is 1. The maximum absolute atomic E-state index is 12.6. The van der Waals surface area contributed by atoms with Crippen molar-refractivity contribution in [3.05, 3.63) is 83.7 Å². The molecule has 0 amide bonds. The smallest absolute Gasteiger partial charge is 0.337 e. The fourth-order valence-corrected chi connectivity index (χ4v) is 5.34. The molecular weight excluding hydrogens is 532 g/mol. The first-order chi connectivity index (χ1) is 19.9. The van der Waals surface area contributed by atoms with E-state index in [0.29, 0.717) is 54.7 Å². The van der Waals surface area contributed by atoms with Crippen LogP contribution in [0.1, 0.15) is 74.7 Å². The highest BCUT2D eigenvalue weighted by atomic mass is 16.5. The fourth-order valence-electron chi connectivity index (χ4n) is 5.34. The molecule has 226 valence electrons. The van der Waals surface area contributed by atoms with Gasteiger partial charge in [0.15, 0.2) is 11.8 Å². The Labute approximate surface area is 248 Å². The Kier molecular flexibility index (Phi) is 9.86. The second-order valence-electron chi connectivity index (χ2n) is 12.1. The third kappa shape index (κ3) is 7.45. The van der Waals surface area contributed by atoms with Crippen molar-refractivity contribution in [2.45, 2.75) is 84.4 Å². The van der Waals surface area contributed by atoms with E-state index < -0.39 is 17.7 Å². The Bertz CT molecular complexity index is 1420. The van der Waals surface area contributed by atoms with Gasteiger partial charge < -0.3 is 24.2 Å². The minimum absolute atomic E-state index is 0.286. The van der Waals surface area contributed by atoms with E-state index in [-0.39, 0.29) is 12.2 Å². The Balaban J connectivity index is 1.70. The number of carboxylic acid groups (broad SMARTS) is 1. The number of carbonyl (C=O) groups is 1. The molecule has 0 radical (unpaired) electrons. The number of aromatic nitrogens is 3. The minimum atomic E-state index is -1.22. The fraction of sp³-hybridized carbons (Fsp3) is 0.485. The van der Waals surface area contributed by atoms with E-state index in [1.165, 1.54) is 5.56 Å². The summed E-state index contributed by atoms with van der Waals surface area (Å²) in [6.07, 6.45) is 4.74. The van der Waals surface area contributed by atoms with Crippen LogP contribution >= 0.6 is 0 Å². The Morgan fingerprint density at radius 3 is 2.45 bits per heavy atom. The summed E-state index contributed by atoms with van der Waals surface area (Å²) in [6, 6.07) is 10.1. The summed E-state index contributed by atoms with van der Waals surface area (Å²) in [4.78, 5) is 19.6. The van der Waals surface area contributed by atoms with Crippen molar-refractivity contribution in [3.8, 4) is 0 Å². The van der Waals surface area contributed by atoms with E-state index in [1.54, 1.807) is 10.6 Å². The van der Waals surface area contributed by atoms with Crippen LogP contribution in [0.4, 0.5) is 5.82 Å². The third-order valence-electron chi connectivity index (χ3n) is 7.47. The van der Waals surface area contributed by atoms with Gasteiger partial charge in [-0.2, -0.15) is 9.61 Å². The van der Waals surface area contributed by atoms with E-state index >= 15 is 0 Å². The first-order valence-electron chi connectivity index (χ1n) is 14.5. The predicted octanol–water partition coefficient (Wildman–Crippen LogP) is 5.99. The summed E-state index contributed by atoms with van der Waals surface area (Å²) in [5, 5.41) is 15.2. The van der Waals surface area contributed by atoms with Gasteiger partial charge in [-0.25, -0.2) is 9.78 Å². The molecule has 42 heavy (non-hydrogen) atoms. The molecule has 2 aromatic heterocycles.